The monoisotopic (exact) mass is 394 g/mol. The van der Waals surface area contributed by atoms with Crippen LogP contribution in [0.4, 0.5) is 20.2 Å². The lowest BCUT2D eigenvalue weighted by molar-refractivity contribution is 0.0975. The van der Waals surface area contributed by atoms with Crippen LogP contribution in [0.25, 0.3) is 0 Å². The van der Waals surface area contributed by atoms with Gasteiger partial charge in [0.2, 0.25) is 0 Å². The van der Waals surface area contributed by atoms with Gasteiger partial charge in [0.25, 0.3) is 0 Å². The molecule has 0 bridgehead atoms. The molecule has 7 heteroatoms. The third-order valence-electron chi connectivity index (χ3n) is 4.47. The largest absolute Gasteiger partial charge is 0.351 e. The van der Waals surface area contributed by atoms with Crippen LogP contribution in [-0.4, -0.2) is 11.6 Å². The summed E-state index contributed by atoms with van der Waals surface area (Å²) in [6.45, 7) is 0. The fourth-order valence-electron chi connectivity index (χ4n) is 3.12. The lowest BCUT2D eigenvalue weighted by atomic mass is 9.83. The zero-order chi connectivity index (χ0) is 20.0. The van der Waals surface area contributed by atoms with E-state index < -0.39 is 34.5 Å². The summed E-state index contributed by atoms with van der Waals surface area (Å²) in [4.78, 5) is 25.3. The Kier molecular flexibility index (Phi) is 4.17. The van der Waals surface area contributed by atoms with E-state index in [1.807, 2.05) is 6.07 Å². The van der Waals surface area contributed by atoms with Crippen molar-refractivity contribution in [3.05, 3.63) is 93.0 Å². The summed E-state index contributed by atoms with van der Waals surface area (Å²) in [6, 6.07) is 12.9. The van der Waals surface area contributed by atoms with Crippen LogP contribution in [0.1, 0.15) is 37.4 Å². The van der Waals surface area contributed by atoms with E-state index in [1.54, 1.807) is 12.1 Å². The minimum Gasteiger partial charge on any atom is -0.351 e. The molecule has 0 saturated carbocycles. The van der Waals surface area contributed by atoms with Crippen molar-refractivity contribution in [3.63, 3.8) is 0 Å². The highest BCUT2D eigenvalue weighted by Gasteiger charge is 2.34. The topological polar surface area (TPSA) is 70.0 Å². The van der Waals surface area contributed by atoms with Gasteiger partial charge in [-0.25, -0.2) is 8.78 Å². The highest BCUT2D eigenvalue weighted by atomic mass is 35.5. The number of nitriles is 1. The summed E-state index contributed by atoms with van der Waals surface area (Å²) < 4.78 is 29.7. The van der Waals surface area contributed by atoms with Crippen molar-refractivity contribution in [1.29, 1.82) is 5.26 Å². The molecule has 0 fully saturated rings. The van der Waals surface area contributed by atoms with E-state index in [2.05, 4.69) is 5.32 Å². The molecular weight excluding hydrogens is 386 g/mol. The molecule has 1 N–H and O–H groups in total. The van der Waals surface area contributed by atoms with Gasteiger partial charge in [-0.15, -0.1) is 0 Å². The van der Waals surface area contributed by atoms with Crippen LogP contribution in [-0.2, 0) is 0 Å². The first-order valence-corrected chi connectivity index (χ1v) is 8.47. The summed E-state index contributed by atoms with van der Waals surface area (Å²) in [7, 11) is 0. The number of hydrogen-bond acceptors (Lipinski definition) is 4. The molecule has 0 atom stereocenters. The highest BCUT2D eigenvalue weighted by molar-refractivity contribution is 6.32. The number of halogens is 3. The fourth-order valence-corrected chi connectivity index (χ4v) is 3.34. The number of carbonyl (C=O) groups excluding carboxylic acids is 2. The molecule has 0 heterocycles. The van der Waals surface area contributed by atoms with Crippen LogP contribution in [0, 0.1) is 23.0 Å². The summed E-state index contributed by atoms with van der Waals surface area (Å²) in [5.41, 5.74) is -0.779. The number of fused-ring (bicyclic) bond motifs is 2. The first-order chi connectivity index (χ1) is 13.4. The Morgan fingerprint density at radius 1 is 0.929 bits per heavy atom. The Bertz CT molecular complexity index is 1230. The molecule has 0 aromatic heterocycles. The Morgan fingerprint density at radius 3 is 2.25 bits per heavy atom. The minimum absolute atomic E-state index is 0.0675. The van der Waals surface area contributed by atoms with E-state index in [4.69, 9.17) is 16.9 Å². The standard InChI is InChI=1S/C21H9ClF2N2O2/c22-15-7-11(6-5-10(15)9-25)26-19-16(23)8-14-17(18(19)24)21(28)13-4-2-1-3-12(13)20(14)27/h1-8,26H. The molecule has 4 nitrogen and oxygen atoms in total. The number of benzene rings is 3. The van der Waals surface area contributed by atoms with E-state index in [1.165, 1.54) is 30.3 Å². The third kappa shape index (κ3) is 2.65. The number of rotatable bonds is 2. The molecule has 28 heavy (non-hydrogen) atoms. The SMILES string of the molecule is N#Cc1ccc(Nc2c(F)cc3c(c2F)C(=O)c2ccccc2C3=O)cc1Cl. The van der Waals surface area contributed by atoms with Crippen molar-refractivity contribution >= 4 is 34.5 Å². The molecule has 1 aliphatic carbocycles. The molecule has 0 saturated heterocycles. The number of nitrogens with one attached hydrogen (secondary N) is 1. The first kappa shape index (κ1) is 17.8. The van der Waals surface area contributed by atoms with E-state index >= 15 is 4.39 Å². The molecular formula is C21H9ClF2N2O2. The molecule has 4 rings (SSSR count). The second-order valence-electron chi connectivity index (χ2n) is 6.11. The Morgan fingerprint density at radius 2 is 1.61 bits per heavy atom. The number of hydrogen-bond donors (Lipinski definition) is 1. The number of ketones is 2. The minimum atomic E-state index is -1.16. The summed E-state index contributed by atoms with van der Waals surface area (Å²) >= 11 is 5.94. The van der Waals surface area contributed by atoms with Gasteiger partial charge in [-0.05, 0) is 24.3 Å². The van der Waals surface area contributed by atoms with Crippen molar-refractivity contribution in [2.75, 3.05) is 5.32 Å². The van der Waals surface area contributed by atoms with Gasteiger partial charge >= 0.3 is 0 Å². The third-order valence-corrected chi connectivity index (χ3v) is 4.78. The highest BCUT2D eigenvalue weighted by Crippen LogP contribution is 2.35. The summed E-state index contributed by atoms with van der Waals surface area (Å²) in [5.74, 6) is -3.50. The van der Waals surface area contributed by atoms with Crippen molar-refractivity contribution in [2.24, 2.45) is 0 Å². The maximum Gasteiger partial charge on any atom is 0.197 e. The zero-order valence-electron chi connectivity index (χ0n) is 14.0. The van der Waals surface area contributed by atoms with Gasteiger partial charge in [0.1, 0.15) is 17.6 Å². The normalized spacial score (nSPS) is 12.2. The molecule has 1 aliphatic rings. The molecule has 0 spiro atoms. The smallest absolute Gasteiger partial charge is 0.197 e. The van der Waals surface area contributed by atoms with Gasteiger partial charge < -0.3 is 5.32 Å². The van der Waals surface area contributed by atoms with Crippen molar-refractivity contribution < 1.29 is 18.4 Å². The van der Waals surface area contributed by atoms with Crippen LogP contribution in [0.15, 0.2) is 48.5 Å². The average molecular weight is 395 g/mol. The Balaban J connectivity index is 1.84. The second kappa shape index (κ2) is 6.55. The molecule has 3 aromatic carbocycles. The Labute approximate surface area is 163 Å². The van der Waals surface area contributed by atoms with Gasteiger partial charge in [0.05, 0.1) is 16.1 Å². The quantitative estimate of drug-likeness (QED) is 0.519. The van der Waals surface area contributed by atoms with Gasteiger partial charge in [0, 0.05) is 22.4 Å². The van der Waals surface area contributed by atoms with Gasteiger partial charge in [0.15, 0.2) is 17.4 Å². The lowest BCUT2D eigenvalue weighted by Crippen LogP contribution is -2.23. The molecule has 136 valence electrons. The van der Waals surface area contributed by atoms with E-state index in [0.29, 0.717) is 0 Å². The first-order valence-electron chi connectivity index (χ1n) is 8.09. The van der Waals surface area contributed by atoms with E-state index in [0.717, 1.165) is 6.07 Å². The molecule has 0 amide bonds. The molecule has 0 aliphatic heterocycles. The Hall–Kier alpha value is -3.56. The average Bonchev–Trinajstić information content (AvgIpc) is 2.69. The molecule has 0 radical (unpaired) electrons. The maximum absolute atomic E-state index is 15.1. The fraction of sp³-hybridized carbons (Fsp3) is 0. The molecule has 0 unspecified atom stereocenters. The number of anilines is 2. The number of nitrogens with zero attached hydrogens (tertiary/aromatic N) is 1. The van der Waals surface area contributed by atoms with Crippen LogP contribution in [0.5, 0.6) is 0 Å². The van der Waals surface area contributed by atoms with Gasteiger partial charge in [-0.2, -0.15) is 5.26 Å². The van der Waals surface area contributed by atoms with Crippen LogP contribution >= 0.6 is 11.6 Å². The van der Waals surface area contributed by atoms with Gasteiger partial charge in [-0.3, -0.25) is 9.59 Å². The van der Waals surface area contributed by atoms with Crippen LogP contribution < -0.4 is 5.32 Å². The van der Waals surface area contributed by atoms with E-state index in [9.17, 15) is 14.0 Å². The van der Waals surface area contributed by atoms with Crippen molar-refractivity contribution in [1.82, 2.24) is 0 Å². The van der Waals surface area contributed by atoms with Crippen LogP contribution in [0.2, 0.25) is 5.02 Å². The predicted molar refractivity (Wildman–Crippen MR) is 99.1 cm³/mol. The summed E-state index contributed by atoms with van der Waals surface area (Å²) in [5, 5.41) is 11.5. The second-order valence-corrected chi connectivity index (χ2v) is 6.51. The maximum atomic E-state index is 15.1. The zero-order valence-corrected chi connectivity index (χ0v) is 14.8. The molecule has 3 aromatic rings. The summed E-state index contributed by atoms with van der Waals surface area (Å²) in [6.07, 6.45) is 0. The number of carbonyl (C=O) groups is 2. The van der Waals surface area contributed by atoms with Crippen LogP contribution in [0.3, 0.4) is 0 Å². The van der Waals surface area contributed by atoms with Crippen molar-refractivity contribution in [3.8, 4) is 6.07 Å². The van der Waals surface area contributed by atoms with Crippen molar-refractivity contribution in [2.45, 2.75) is 0 Å². The van der Waals surface area contributed by atoms with E-state index in [-0.39, 0.29) is 33.0 Å². The lowest BCUT2D eigenvalue weighted by Gasteiger charge is -2.20. The van der Waals surface area contributed by atoms with Gasteiger partial charge in [-0.1, -0.05) is 35.9 Å². The predicted octanol–water partition coefficient (Wildman–Crippen LogP) is 5.01.